The van der Waals surface area contributed by atoms with Crippen LogP contribution in [-0.2, 0) is 16.1 Å². The number of nitrogens with zero attached hydrogens (tertiary/aromatic N) is 2. The Kier molecular flexibility index (Phi) is 3.32. The summed E-state index contributed by atoms with van der Waals surface area (Å²) in [5.41, 5.74) is 0.742. The number of carbonyl (C=O) groups is 1. The van der Waals surface area contributed by atoms with Crippen LogP contribution in [0.3, 0.4) is 0 Å². The SMILES string of the molecule is COCc1nc(N2CC3CCC(C2)O3)sc1C=O. The molecule has 2 atom stereocenters. The maximum atomic E-state index is 11.0. The van der Waals surface area contributed by atoms with Gasteiger partial charge in [-0.3, -0.25) is 4.79 Å². The number of hydrogen-bond donors (Lipinski definition) is 0. The van der Waals surface area contributed by atoms with Crippen LogP contribution in [0.2, 0.25) is 0 Å². The van der Waals surface area contributed by atoms with E-state index in [2.05, 4.69) is 9.88 Å². The van der Waals surface area contributed by atoms with Gasteiger partial charge in [0.25, 0.3) is 0 Å². The second-order valence-electron chi connectivity index (χ2n) is 4.72. The molecule has 2 unspecified atom stereocenters. The third kappa shape index (κ3) is 2.15. The van der Waals surface area contributed by atoms with E-state index in [4.69, 9.17) is 9.47 Å². The minimum Gasteiger partial charge on any atom is -0.378 e. The van der Waals surface area contributed by atoms with Crippen LogP contribution in [0.4, 0.5) is 5.13 Å². The first-order valence-corrected chi connectivity index (χ1v) is 6.96. The molecule has 0 amide bonds. The fraction of sp³-hybridized carbons (Fsp3) is 0.667. The van der Waals surface area contributed by atoms with Crippen LogP contribution in [-0.4, -0.2) is 43.7 Å². The Morgan fingerprint density at radius 3 is 2.83 bits per heavy atom. The van der Waals surface area contributed by atoms with E-state index in [1.54, 1.807) is 7.11 Å². The number of aldehydes is 1. The molecule has 18 heavy (non-hydrogen) atoms. The van der Waals surface area contributed by atoms with Crippen molar-refractivity contribution in [3.05, 3.63) is 10.6 Å². The molecule has 2 aliphatic rings. The van der Waals surface area contributed by atoms with Gasteiger partial charge >= 0.3 is 0 Å². The maximum absolute atomic E-state index is 11.0. The normalized spacial score (nSPS) is 26.6. The number of thiazole rings is 1. The van der Waals surface area contributed by atoms with E-state index in [0.717, 1.165) is 43.0 Å². The third-order valence-electron chi connectivity index (χ3n) is 3.42. The maximum Gasteiger partial charge on any atom is 0.186 e. The van der Waals surface area contributed by atoms with Crippen LogP contribution < -0.4 is 4.90 Å². The van der Waals surface area contributed by atoms with Crippen molar-refractivity contribution in [2.24, 2.45) is 0 Å². The molecule has 0 aliphatic carbocycles. The minimum absolute atomic E-state index is 0.332. The number of morpholine rings is 1. The third-order valence-corrected chi connectivity index (χ3v) is 4.50. The molecule has 1 aromatic heterocycles. The first kappa shape index (κ1) is 12.1. The molecule has 98 valence electrons. The van der Waals surface area contributed by atoms with Crippen molar-refractivity contribution >= 4 is 22.8 Å². The summed E-state index contributed by atoms with van der Waals surface area (Å²) >= 11 is 1.45. The van der Waals surface area contributed by atoms with E-state index in [1.165, 1.54) is 11.3 Å². The van der Waals surface area contributed by atoms with Gasteiger partial charge in [0.15, 0.2) is 11.4 Å². The lowest BCUT2D eigenvalue weighted by Crippen LogP contribution is -2.42. The van der Waals surface area contributed by atoms with Crippen molar-refractivity contribution in [1.29, 1.82) is 0 Å². The van der Waals surface area contributed by atoms with Crippen LogP contribution in [0, 0.1) is 0 Å². The Morgan fingerprint density at radius 1 is 1.50 bits per heavy atom. The Morgan fingerprint density at radius 2 is 2.22 bits per heavy atom. The van der Waals surface area contributed by atoms with Gasteiger partial charge in [0.05, 0.1) is 29.4 Å². The van der Waals surface area contributed by atoms with Gasteiger partial charge in [0, 0.05) is 20.2 Å². The van der Waals surface area contributed by atoms with Crippen molar-refractivity contribution in [1.82, 2.24) is 4.98 Å². The summed E-state index contributed by atoms with van der Waals surface area (Å²) in [6, 6.07) is 0. The zero-order valence-electron chi connectivity index (χ0n) is 10.3. The molecular weight excluding hydrogens is 252 g/mol. The number of rotatable bonds is 4. The quantitative estimate of drug-likeness (QED) is 0.774. The summed E-state index contributed by atoms with van der Waals surface area (Å²) in [6.07, 6.45) is 3.80. The Hall–Kier alpha value is -0.980. The Bertz CT molecular complexity index is 437. The summed E-state index contributed by atoms with van der Waals surface area (Å²) in [5.74, 6) is 0. The Labute approximate surface area is 110 Å². The highest BCUT2D eigenvalue weighted by atomic mass is 32.1. The number of methoxy groups -OCH3 is 1. The van der Waals surface area contributed by atoms with Crippen LogP contribution in [0.15, 0.2) is 0 Å². The largest absolute Gasteiger partial charge is 0.378 e. The lowest BCUT2D eigenvalue weighted by molar-refractivity contribution is 0.0304. The second-order valence-corrected chi connectivity index (χ2v) is 5.73. The van der Waals surface area contributed by atoms with Crippen molar-refractivity contribution in [2.45, 2.75) is 31.7 Å². The number of aromatic nitrogens is 1. The topological polar surface area (TPSA) is 51.7 Å². The van der Waals surface area contributed by atoms with Gasteiger partial charge in [-0.05, 0) is 12.8 Å². The van der Waals surface area contributed by atoms with Crippen molar-refractivity contribution < 1.29 is 14.3 Å². The molecule has 2 saturated heterocycles. The average Bonchev–Trinajstić information content (AvgIpc) is 2.93. The number of carbonyl (C=O) groups excluding carboxylic acids is 1. The fourth-order valence-corrected chi connectivity index (χ4v) is 3.49. The van der Waals surface area contributed by atoms with Crippen molar-refractivity contribution in [2.75, 3.05) is 25.1 Å². The lowest BCUT2D eigenvalue weighted by atomic mass is 10.2. The van der Waals surface area contributed by atoms with Crippen LogP contribution in [0.25, 0.3) is 0 Å². The van der Waals surface area contributed by atoms with Gasteiger partial charge in [-0.25, -0.2) is 4.98 Å². The molecule has 6 heteroatoms. The minimum atomic E-state index is 0.332. The van der Waals surface area contributed by atoms with E-state index < -0.39 is 0 Å². The average molecular weight is 268 g/mol. The Balaban J connectivity index is 1.81. The number of anilines is 1. The molecule has 0 aromatic carbocycles. The predicted molar refractivity (Wildman–Crippen MR) is 68.3 cm³/mol. The molecule has 5 nitrogen and oxygen atoms in total. The summed E-state index contributed by atoms with van der Waals surface area (Å²) in [7, 11) is 1.61. The summed E-state index contributed by atoms with van der Waals surface area (Å²) in [4.78, 5) is 18.4. The summed E-state index contributed by atoms with van der Waals surface area (Å²) < 4.78 is 10.9. The molecular formula is C12H16N2O3S. The molecule has 0 saturated carbocycles. The lowest BCUT2D eigenvalue weighted by Gasteiger charge is -2.31. The van der Waals surface area contributed by atoms with E-state index in [1.807, 2.05) is 0 Å². The molecule has 2 fully saturated rings. The summed E-state index contributed by atoms with van der Waals surface area (Å²) in [5, 5.41) is 0.921. The van der Waals surface area contributed by atoms with E-state index >= 15 is 0 Å². The second kappa shape index (κ2) is 4.95. The van der Waals surface area contributed by atoms with Crippen molar-refractivity contribution in [3.8, 4) is 0 Å². The molecule has 0 spiro atoms. The smallest absolute Gasteiger partial charge is 0.186 e. The number of fused-ring (bicyclic) bond motifs is 2. The molecule has 3 rings (SSSR count). The molecule has 2 aliphatic heterocycles. The molecule has 0 N–H and O–H groups in total. The highest BCUT2D eigenvalue weighted by Gasteiger charge is 2.35. The highest BCUT2D eigenvalue weighted by molar-refractivity contribution is 7.17. The first-order chi connectivity index (χ1) is 8.80. The van der Waals surface area contributed by atoms with E-state index in [0.29, 0.717) is 23.7 Å². The fourth-order valence-electron chi connectivity index (χ4n) is 2.59. The first-order valence-electron chi connectivity index (χ1n) is 6.14. The van der Waals surface area contributed by atoms with Crippen LogP contribution >= 0.6 is 11.3 Å². The van der Waals surface area contributed by atoms with E-state index in [9.17, 15) is 4.79 Å². The molecule has 0 radical (unpaired) electrons. The standard InChI is InChI=1S/C12H16N2O3S/c1-16-7-10-11(6-15)18-12(13-10)14-4-8-2-3-9(5-14)17-8/h6,8-9H,2-5,7H2,1H3. The van der Waals surface area contributed by atoms with Gasteiger partial charge in [-0.15, -0.1) is 0 Å². The monoisotopic (exact) mass is 268 g/mol. The predicted octanol–water partition coefficient (Wildman–Crippen LogP) is 1.47. The van der Waals surface area contributed by atoms with Crippen LogP contribution in [0.1, 0.15) is 28.2 Å². The molecule has 3 heterocycles. The zero-order valence-corrected chi connectivity index (χ0v) is 11.1. The van der Waals surface area contributed by atoms with Gasteiger partial charge < -0.3 is 14.4 Å². The summed E-state index contributed by atoms with van der Waals surface area (Å²) in [6.45, 7) is 2.16. The van der Waals surface area contributed by atoms with Crippen LogP contribution in [0.5, 0.6) is 0 Å². The molecule has 2 bridgehead atoms. The molecule has 1 aromatic rings. The van der Waals surface area contributed by atoms with E-state index in [-0.39, 0.29) is 0 Å². The van der Waals surface area contributed by atoms with Gasteiger partial charge in [0.1, 0.15) is 0 Å². The highest BCUT2D eigenvalue weighted by Crippen LogP contribution is 2.32. The van der Waals surface area contributed by atoms with Gasteiger partial charge in [-0.1, -0.05) is 11.3 Å². The van der Waals surface area contributed by atoms with Gasteiger partial charge in [0.2, 0.25) is 0 Å². The van der Waals surface area contributed by atoms with Gasteiger partial charge in [-0.2, -0.15) is 0 Å². The number of ether oxygens (including phenoxy) is 2. The number of hydrogen-bond acceptors (Lipinski definition) is 6. The van der Waals surface area contributed by atoms with Crippen molar-refractivity contribution in [3.63, 3.8) is 0 Å². The zero-order chi connectivity index (χ0) is 12.5.